The van der Waals surface area contributed by atoms with E-state index in [1.165, 1.54) is 4.88 Å². The van der Waals surface area contributed by atoms with E-state index in [4.69, 9.17) is 14.5 Å². The van der Waals surface area contributed by atoms with Gasteiger partial charge in [0.1, 0.15) is 11.1 Å². The van der Waals surface area contributed by atoms with Gasteiger partial charge in [-0.3, -0.25) is 0 Å². The minimum atomic E-state index is -0.0154. The van der Waals surface area contributed by atoms with E-state index in [1.807, 2.05) is 12.1 Å². The van der Waals surface area contributed by atoms with Gasteiger partial charge < -0.3 is 9.47 Å². The Labute approximate surface area is 124 Å². The zero-order chi connectivity index (χ0) is 13.2. The zero-order valence-electron chi connectivity index (χ0n) is 10.6. The number of benzene rings is 1. The fraction of sp³-hybridized carbons (Fsp3) is 0.357. The topological polar surface area (TPSA) is 31.4 Å². The maximum atomic E-state index is 5.71. The summed E-state index contributed by atoms with van der Waals surface area (Å²) < 4.78 is 12.2. The van der Waals surface area contributed by atoms with Gasteiger partial charge in [0.25, 0.3) is 0 Å². The summed E-state index contributed by atoms with van der Waals surface area (Å²) in [6, 6.07) is 8.21. The van der Waals surface area contributed by atoms with Crippen molar-refractivity contribution in [1.82, 2.24) is 4.98 Å². The molecule has 1 atom stereocenters. The van der Waals surface area contributed by atoms with Crippen LogP contribution in [-0.2, 0) is 9.47 Å². The van der Waals surface area contributed by atoms with Gasteiger partial charge in [-0.15, -0.1) is 11.3 Å². The first kappa shape index (κ1) is 13.2. The van der Waals surface area contributed by atoms with Crippen molar-refractivity contribution in [2.24, 2.45) is 0 Å². The first-order valence-corrected chi connectivity index (χ1v) is 7.77. The van der Waals surface area contributed by atoms with Crippen LogP contribution in [0.2, 0.25) is 0 Å². The van der Waals surface area contributed by atoms with Gasteiger partial charge in [0.2, 0.25) is 0 Å². The third-order valence-electron chi connectivity index (χ3n) is 3.00. The van der Waals surface area contributed by atoms with Gasteiger partial charge in [0, 0.05) is 14.9 Å². The lowest BCUT2D eigenvalue weighted by atomic mass is 10.1. The number of aromatic nitrogens is 1. The molecule has 1 fully saturated rings. The van der Waals surface area contributed by atoms with Crippen LogP contribution in [0.15, 0.2) is 28.7 Å². The number of rotatable bonds is 2. The van der Waals surface area contributed by atoms with Crippen molar-refractivity contribution < 1.29 is 9.47 Å². The van der Waals surface area contributed by atoms with Crippen molar-refractivity contribution in [2.75, 3.05) is 19.8 Å². The molecule has 5 heteroatoms. The van der Waals surface area contributed by atoms with E-state index >= 15 is 0 Å². The molecule has 1 aromatic heterocycles. The molecular weight excluding hydrogens is 326 g/mol. The summed E-state index contributed by atoms with van der Waals surface area (Å²) >= 11 is 5.19. The normalized spacial score (nSPS) is 19.6. The summed E-state index contributed by atoms with van der Waals surface area (Å²) in [5.41, 5.74) is 2.17. The number of nitrogens with zero attached hydrogens (tertiary/aromatic N) is 1. The molecule has 1 unspecified atom stereocenters. The zero-order valence-corrected chi connectivity index (χ0v) is 13.0. The van der Waals surface area contributed by atoms with Crippen LogP contribution in [-0.4, -0.2) is 24.8 Å². The molecule has 2 aromatic rings. The molecule has 1 aliphatic rings. The molecular formula is C14H14BrNO2S. The van der Waals surface area contributed by atoms with E-state index in [0.717, 1.165) is 20.7 Å². The first-order chi connectivity index (χ1) is 9.24. The van der Waals surface area contributed by atoms with Crippen LogP contribution in [0.4, 0.5) is 0 Å². The smallest absolute Gasteiger partial charge is 0.132 e. The van der Waals surface area contributed by atoms with E-state index in [1.54, 1.807) is 11.3 Å². The third-order valence-corrected chi connectivity index (χ3v) is 4.56. The van der Waals surface area contributed by atoms with Gasteiger partial charge in [0.05, 0.1) is 25.5 Å². The molecule has 0 radical (unpaired) electrons. The molecule has 3 rings (SSSR count). The molecule has 3 nitrogen and oxygen atoms in total. The molecule has 19 heavy (non-hydrogen) atoms. The molecule has 0 bridgehead atoms. The van der Waals surface area contributed by atoms with Crippen molar-refractivity contribution in [3.05, 3.63) is 38.6 Å². The van der Waals surface area contributed by atoms with Crippen LogP contribution in [0.3, 0.4) is 0 Å². The Kier molecular flexibility index (Phi) is 3.98. The average Bonchev–Trinajstić information content (AvgIpc) is 2.82. The molecule has 1 saturated heterocycles. The highest BCUT2D eigenvalue weighted by Crippen LogP contribution is 2.33. The van der Waals surface area contributed by atoms with Crippen LogP contribution in [0.5, 0.6) is 0 Å². The lowest BCUT2D eigenvalue weighted by Crippen LogP contribution is -2.21. The van der Waals surface area contributed by atoms with Gasteiger partial charge in [-0.05, 0) is 19.1 Å². The van der Waals surface area contributed by atoms with Crippen LogP contribution in [0, 0.1) is 6.92 Å². The SMILES string of the molecule is Cc1sc(C2COCCO2)nc1-c1cccc(Br)c1. The molecule has 2 heterocycles. The maximum Gasteiger partial charge on any atom is 0.132 e. The summed E-state index contributed by atoms with van der Waals surface area (Å²) in [6.45, 7) is 4.03. The molecule has 0 amide bonds. The van der Waals surface area contributed by atoms with Crippen molar-refractivity contribution in [1.29, 1.82) is 0 Å². The van der Waals surface area contributed by atoms with Gasteiger partial charge >= 0.3 is 0 Å². The van der Waals surface area contributed by atoms with Gasteiger partial charge in [-0.25, -0.2) is 4.98 Å². The molecule has 0 N–H and O–H groups in total. The molecule has 0 aliphatic carbocycles. The molecule has 1 aromatic carbocycles. The van der Waals surface area contributed by atoms with Crippen molar-refractivity contribution in [3.8, 4) is 11.3 Å². The predicted molar refractivity (Wildman–Crippen MR) is 79.5 cm³/mol. The minimum Gasteiger partial charge on any atom is -0.376 e. The summed E-state index contributed by atoms with van der Waals surface area (Å²) in [4.78, 5) is 5.95. The second kappa shape index (κ2) is 5.71. The van der Waals surface area contributed by atoms with E-state index in [-0.39, 0.29) is 6.10 Å². The molecule has 100 valence electrons. The van der Waals surface area contributed by atoms with Gasteiger partial charge in [-0.1, -0.05) is 28.1 Å². The summed E-state index contributed by atoms with van der Waals surface area (Å²) in [6.07, 6.45) is -0.0154. The lowest BCUT2D eigenvalue weighted by Gasteiger charge is -2.20. The van der Waals surface area contributed by atoms with Crippen LogP contribution in [0.25, 0.3) is 11.3 Å². The number of aryl methyl sites for hydroxylation is 1. The van der Waals surface area contributed by atoms with Crippen LogP contribution >= 0.6 is 27.3 Å². The quantitative estimate of drug-likeness (QED) is 0.829. The van der Waals surface area contributed by atoms with E-state index in [9.17, 15) is 0 Å². The number of halogens is 1. The maximum absolute atomic E-state index is 5.71. The minimum absolute atomic E-state index is 0.0154. The Balaban J connectivity index is 1.92. The van der Waals surface area contributed by atoms with Crippen LogP contribution < -0.4 is 0 Å². The Morgan fingerprint density at radius 3 is 3.00 bits per heavy atom. The van der Waals surface area contributed by atoms with Crippen molar-refractivity contribution >= 4 is 27.3 Å². The van der Waals surface area contributed by atoms with Gasteiger partial charge in [0.15, 0.2) is 0 Å². The number of thiazole rings is 1. The summed E-state index contributed by atoms with van der Waals surface area (Å²) in [5.74, 6) is 0. The number of ether oxygens (including phenoxy) is 2. The third kappa shape index (κ3) is 2.89. The number of hydrogen-bond donors (Lipinski definition) is 0. The fourth-order valence-electron chi connectivity index (χ4n) is 2.09. The first-order valence-electron chi connectivity index (χ1n) is 6.16. The van der Waals surface area contributed by atoms with Crippen LogP contribution in [0.1, 0.15) is 16.0 Å². The Bertz CT molecular complexity index is 579. The highest BCUT2D eigenvalue weighted by Gasteiger charge is 2.22. The molecule has 1 aliphatic heterocycles. The Morgan fingerprint density at radius 1 is 1.37 bits per heavy atom. The largest absolute Gasteiger partial charge is 0.376 e. The summed E-state index contributed by atoms with van der Waals surface area (Å²) in [5, 5.41) is 1.01. The molecule has 0 saturated carbocycles. The van der Waals surface area contributed by atoms with E-state index in [0.29, 0.717) is 19.8 Å². The standard InChI is InChI=1S/C14H14BrNO2S/c1-9-13(10-3-2-4-11(15)7-10)16-14(19-9)12-8-17-5-6-18-12/h2-4,7,12H,5-6,8H2,1H3. The second-order valence-electron chi connectivity index (χ2n) is 4.40. The summed E-state index contributed by atoms with van der Waals surface area (Å²) in [7, 11) is 0. The average molecular weight is 340 g/mol. The lowest BCUT2D eigenvalue weighted by molar-refractivity contribution is -0.0901. The fourth-order valence-corrected chi connectivity index (χ4v) is 3.47. The second-order valence-corrected chi connectivity index (χ2v) is 6.55. The Hall–Kier alpha value is -0.750. The number of hydrogen-bond acceptors (Lipinski definition) is 4. The molecule has 0 spiro atoms. The van der Waals surface area contributed by atoms with Gasteiger partial charge in [-0.2, -0.15) is 0 Å². The highest BCUT2D eigenvalue weighted by atomic mass is 79.9. The monoisotopic (exact) mass is 339 g/mol. The predicted octanol–water partition coefficient (Wildman–Crippen LogP) is 3.97. The highest BCUT2D eigenvalue weighted by molar-refractivity contribution is 9.10. The van der Waals surface area contributed by atoms with E-state index < -0.39 is 0 Å². The Morgan fingerprint density at radius 2 is 2.26 bits per heavy atom. The van der Waals surface area contributed by atoms with Crippen molar-refractivity contribution in [2.45, 2.75) is 13.0 Å². The van der Waals surface area contributed by atoms with E-state index in [2.05, 4.69) is 35.0 Å². The van der Waals surface area contributed by atoms with Crippen molar-refractivity contribution in [3.63, 3.8) is 0 Å².